The fourth-order valence-electron chi connectivity index (χ4n) is 3.37. The first-order chi connectivity index (χ1) is 15.5. The van der Waals surface area contributed by atoms with Gasteiger partial charge in [-0.1, -0.05) is 43.1 Å². The van der Waals surface area contributed by atoms with Gasteiger partial charge in [0.2, 0.25) is 0 Å². The Morgan fingerprint density at radius 2 is 2.00 bits per heavy atom. The highest BCUT2D eigenvalue weighted by molar-refractivity contribution is 7.80. The van der Waals surface area contributed by atoms with E-state index in [1.807, 2.05) is 61.9 Å². The molecule has 32 heavy (non-hydrogen) atoms. The van der Waals surface area contributed by atoms with E-state index in [0.29, 0.717) is 10.7 Å². The van der Waals surface area contributed by atoms with Gasteiger partial charge < -0.3 is 14.8 Å². The van der Waals surface area contributed by atoms with Gasteiger partial charge in [0.1, 0.15) is 0 Å². The molecule has 7 heteroatoms. The number of halogens is 1. The van der Waals surface area contributed by atoms with E-state index < -0.39 is 0 Å². The molecule has 0 atom stereocenters. The van der Waals surface area contributed by atoms with Crippen molar-refractivity contribution in [3.8, 4) is 6.07 Å². The lowest BCUT2D eigenvalue weighted by Crippen LogP contribution is -2.37. The largest absolute Gasteiger partial charge is 0.349 e. The van der Waals surface area contributed by atoms with Gasteiger partial charge in [-0.2, -0.15) is 5.26 Å². The van der Waals surface area contributed by atoms with Crippen LogP contribution in [0.25, 0.3) is 0 Å². The van der Waals surface area contributed by atoms with Crippen LogP contribution in [-0.4, -0.2) is 32.7 Å². The average molecular weight is 466 g/mol. The number of aryl methyl sites for hydroxylation is 1. The van der Waals surface area contributed by atoms with E-state index in [2.05, 4.69) is 32.8 Å². The lowest BCUT2D eigenvalue weighted by atomic mass is 10.1. The zero-order chi connectivity index (χ0) is 22.9. The number of nitrogens with one attached hydrogen (secondary N) is 1. The molecule has 3 aromatic rings. The smallest absolute Gasteiger partial charge is 0.173 e. The molecule has 0 bridgehead atoms. The SMILES string of the molecule is CCCCN(CCc1cncn1Cc1ccc(C#N)cc1)C(=S)Nc1ccc(C)c(Cl)c1. The van der Waals surface area contributed by atoms with Crippen LogP contribution in [0.5, 0.6) is 0 Å². The number of thiocarbonyl (C=S) groups is 1. The highest BCUT2D eigenvalue weighted by Crippen LogP contribution is 2.20. The Morgan fingerprint density at radius 1 is 1.22 bits per heavy atom. The van der Waals surface area contributed by atoms with Gasteiger partial charge in [0, 0.05) is 48.7 Å². The molecule has 0 amide bonds. The van der Waals surface area contributed by atoms with E-state index in [9.17, 15) is 0 Å². The molecule has 166 valence electrons. The van der Waals surface area contributed by atoms with E-state index in [-0.39, 0.29) is 0 Å². The first-order valence-electron chi connectivity index (χ1n) is 10.8. The Kier molecular flexibility index (Phi) is 8.66. The molecule has 0 saturated heterocycles. The molecule has 0 radical (unpaired) electrons. The number of hydrogen-bond donors (Lipinski definition) is 1. The summed E-state index contributed by atoms with van der Waals surface area (Å²) in [5, 5.41) is 13.8. The highest BCUT2D eigenvalue weighted by atomic mass is 35.5. The summed E-state index contributed by atoms with van der Waals surface area (Å²) in [4.78, 5) is 6.57. The van der Waals surface area contributed by atoms with Gasteiger partial charge in [-0.3, -0.25) is 0 Å². The van der Waals surface area contributed by atoms with E-state index in [1.54, 1.807) is 0 Å². The predicted molar refractivity (Wildman–Crippen MR) is 135 cm³/mol. The van der Waals surface area contributed by atoms with Gasteiger partial charge in [0.05, 0.1) is 18.0 Å². The van der Waals surface area contributed by atoms with Crippen molar-refractivity contribution in [2.75, 3.05) is 18.4 Å². The summed E-state index contributed by atoms with van der Waals surface area (Å²) < 4.78 is 2.15. The molecule has 0 unspecified atom stereocenters. The quantitative estimate of drug-likeness (QED) is 0.404. The van der Waals surface area contributed by atoms with Crippen molar-refractivity contribution in [1.29, 1.82) is 5.26 Å². The molecule has 0 saturated carbocycles. The van der Waals surface area contributed by atoms with Crippen LogP contribution in [0.1, 0.15) is 42.1 Å². The molecule has 1 heterocycles. The van der Waals surface area contributed by atoms with E-state index in [0.717, 1.165) is 66.4 Å². The van der Waals surface area contributed by atoms with Gasteiger partial charge in [-0.05, 0) is 61.0 Å². The van der Waals surface area contributed by atoms with Crippen LogP contribution < -0.4 is 5.32 Å². The summed E-state index contributed by atoms with van der Waals surface area (Å²) >= 11 is 12.0. The van der Waals surface area contributed by atoms with Gasteiger partial charge in [0.25, 0.3) is 0 Å². The Labute approximate surface area is 200 Å². The predicted octanol–water partition coefficient (Wildman–Crippen LogP) is 5.81. The fourth-order valence-corrected chi connectivity index (χ4v) is 3.85. The molecular weight excluding hydrogens is 438 g/mol. The van der Waals surface area contributed by atoms with E-state index in [4.69, 9.17) is 29.1 Å². The van der Waals surface area contributed by atoms with Gasteiger partial charge in [0.15, 0.2) is 5.11 Å². The lowest BCUT2D eigenvalue weighted by molar-refractivity contribution is 0.413. The van der Waals surface area contributed by atoms with Gasteiger partial charge in [-0.15, -0.1) is 0 Å². The molecule has 2 aromatic carbocycles. The zero-order valence-corrected chi connectivity index (χ0v) is 20.1. The standard InChI is InChI=1S/C25H28ClN5S/c1-3-4-12-30(25(32)29-22-10-5-19(2)24(26)14-22)13-11-23-16-28-18-31(23)17-21-8-6-20(15-27)7-9-21/h5-10,14,16,18H,3-4,11-13,17H2,1-2H3,(H,29,32). The number of rotatable bonds is 9. The normalized spacial score (nSPS) is 10.6. The monoisotopic (exact) mass is 465 g/mol. The van der Waals surface area contributed by atoms with Crippen LogP contribution >= 0.6 is 23.8 Å². The number of benzene rings is 2. The summed E-state index contributed by atoms with van der Waals surface area (Å²) in [6.07, 6.45) is 6.77. The minimum absolute atomic E-state index is 0.669. The third-order valence-corrected chi connectivity index (χ3v) is 6.13. The number of imidazole rings is 1. The maximum atomic E-state index is 8.98. The number of aromatic nitrogens is 2. The van der Waals surface area contributed by atoms with Crippen LogP contribution in [0.3, 0.4) is 0 Å². The van der Waals surface area contributed by atoms with Crippen LogP contribution in [-0.2, 0) is 13.0 Å². The van der Waals surface area contributed by atoms with Crippen molar-refractivity contribution in [2.45, 2.75) is 39.7 Å². The minimum atomic E-state index is 0.669. The average Bonchev–Trinajstić information content (AvgIpc) is 3.23. The maximum Gasteiger partial charge on any atom is 0.173 e. The fraction of sp³-hybridized carbons (Fsp3) is 0.320. The summed E-state index contributed by atoms with van der Waals surface area (Å²) in [6.45, 7) is 6.58. The molecular formula is C25H28ClN5S. The molecule has 3 rings (SSSR count). The molecule has 0 spiro atoms. The summed E-state index contributed by atoms with van der Waals surface area (Å²) in [5.41, 5.74) is 4.90. The van der Waals surface area contributed by atoms with Crippen molar-refractivity contribution >= 4 is 34.6 Å². The molecule has 5 nitrogen and oxygen atoms in total. The summed E-state index contributed by atoms with van der Waals surface area (Å²) in [6, 6.07) is 15.7. The van der Waals surface area contributed by atoms with Crippen LogP contribution in [0.15, 0.2) is 55.0 Å². The highest BCUT2D eigenvalue weighted by Gasteiger charge is 2.12. The Hall–Kier alpha value is -2.88. The van der Waals surface area contributed by atoms with E-state index in [1.165, 1.54) is 0 Å². The molecule has 1 aromatic heterocycles. The van der Waals surface area contributed by atoms with Crippen molar-refractivity contribution in [1.82, 2.24) is 14.5 Å². The van der Waals surface area contributed by atoms with Crippen molar-refractivity contribution in [3.63, 3.8) is 0 Å². The van der Waals surface area contributed by atoms with Crippen LogP contribution in [0, 0.1) is 18.3 Å². The molecule has 1 N–H and O–H groups in total. The number of anilines is 1. The number of nitrogens with zero attached hydrogens (tertiary/aromatic N) is 4. The topological polar surface area (TPSA) is 56.9 Å². The second-order valence-corrected chi connectivity index (χ2v) is 8.60. The summed E-state index contributed by atoms with van der Waals surface area (Å²) in [5.74, 6) is 0. The van der Waals surface area contributed by atoms with Crippen molar-refractivity contribution in [2.24, 2.45) is 0 Å². The summed E-state index contributed by atoms with van der Waals surface area (Å²) in [7, 11) is 0. The zero-order valence-electron chi connectivity index (χ0n) is 18.5. The first-order valence-corrected chi connectivity index (χ1v) is 11.6. The second kappa shape index (κ2) is 11.7. The number of unbranched alkanes of at least 4 members (excludes halogenated alkanes) is 1. The first kappa shape index (κ1) is 23.8. The molecule has 0 aliphatic carbocycles. The number of nitriles is 1. The second-order valence-electron chi connectivity index (χ2n) is 7.81. The van der Waals surface area contributed by atoms with E-state index >= 15 is 0 Å². The minimum Gasteiger partial charge on any atom is -0.349 e. The third kappa shape index (κ3) is 6.56. The maximum absolute atomic E-state index is 8.98. The molecule has 0 aliphatic rings. The third-order valence-electron chi connectivity index (χ3n) is 5.36. The molecule has 0 aliphatic heterocycles. The number of hydrogen-bond acceptors (Lipinski definition) is 3. The molecule has 0 fully saturated rings. The Bertz CT molecular complexity index is 1080. The Morgan fingerprint density at radius 3 is 2.69 bits per heavy atom. The van der Waals surface area contributed by atoms with Gasteiger partial charge in [-0.25, -0.2) is 4.98 Å². The van der Waals surface area contributed by atoms with Crippen molar-refractivity contribution in [3.05, 3.63) is 82.4 Å². The van der Waals surface area contributed by atoms with Crippen molar-refractivity contribution < 1.29 is 0 Å². The lowest BCUT2D eigenvalue weighted by Gasteiger charge is -2.26. The van der Waals surface area contributed by atoms with Crippen LogP contribution in [0.2, 0.25) is 5.02 Å². The van der Waals surface area contributed by atoms with Gasteiger partial charge >= 0.3 is 0 Å². The Balaban J connectivity index is 1.65. The van der Waals surface area contributed by atoms with Crippen LogP contribution in [0.4, 0.5) is 5.69 Å².